The van der Waals surface area contributed by atoms with Crippen molar-refractivity contribution in [2.75, 3.05) is 0 Å². The van der Waals surface area contributed by atoms with Gasteiger partial charge in [0.1, 0.15) is 0 Å². The van der Waals surface area contributed by atoms with Gasteiger partial charge >= 0.3 is 0 Å². The second kappa shape index (κ2) is 3.50. The van der Waals surface area contributed by atoms with Gasteiger partial charge in [-0.2, -0.15) is 0 Å². The van der Waals surface area contributed by atoms with Gasteiger partial charge in [-0.25, -0.2) is 0 Å². The third-order valence-corrected chi connectivity index (χ3v) is 216. The molecule has 0 spiro atoms. The fraction of sp³-hybridized carbons (Fsp3) is 0. The number of rotatable bonds is 0. The number of hydrogen-bond donors (Lipinski definition) is 0. The Kier molecular flexibility index (Phi) is 3.59. The van der Waals surface area contributed by atoms with Gasteiger partial charge in [-0.05, 0) is 85.5 Å². The second-order valence-electron chi connectivity index (χ2n) is 5.36. The van der Waals surface area contributed by atoms with Crippen molar-refractivity contribution in [3.05, 3.63) is 0 Å². The predicted molar refractivity (Wildman–Crippen MR) is 85.4 cm³/mol. The lowest BCUT2D eigenvalue weighted by atomic mass is 25.7. The zero-order valence-electron chi connectivity index (χ0n) is 7.83. The van der Waals surface area contributed by atoms with Crippen molar-refractivity contribution in [2.45, 2.75) is 0 Å². The molecule has 0 unspecified atom stereocenters. The zero-order chi connectivity index (χ0) is 7.83. The van der Waals surface area contributed by atoms with Crippen LogP contribution in [0.4, 0.5) is 0 Å². The van der Waals surface area contributed by atoms with Crippen LogP contribution in [-0.2, 0) is 0 Å². The molecule has 0 aliphatic carbocycles. The van der Waals surface area contributed by atoms with Gasteiger partial charge in [-0.15, -0.1) is 0 Å². The summed E-state index contributed by atoms with van der Waals surface area (Å²) in [5, 5.41) is 0. The van der Waals surface area contributed by atoms with Crippen LogP contribution in [0.2, 0.25) is 0 Å². The third-order valence-electron chi connectivity index (χ3n) is 2.66. The van der Waals surface area contributed by atoms with Crippen LogP contribution in [0.15, 0.2) is 0 Å². The molecule has 1 heterocycles. The van der Waals surface area contributed by atoms with Gasteiger partial charge in [-0.3, -0.25) is 0 Å². The molecule has 0 aromatic heterocycles. The summed E-state index contributed by atoms with van der Waals surface area (Å²) in [4.78, 5) is 0. The molecular weight excluding hydrogens is 281 g/mol. The van der Waals surface area contributed by atoms with E-state index in [0.29, 0.717) is 0 Å². The van der Waals surface area contributed by atoms with E-state index in [9.17, 15) is 0 Å². The van der Waals surface area contributed by atoms with Crippen molar-refractivity contribution < 1.29 is 0 Å². The van der Waals surface area contributed by atoms with E-state index in [1.165, 1.54) is 0 Å². The van der Waals surface area contributed by atoms with Gasteiger partial charge in [0.15, 0.2) is 0 Å². The molecule has 0 N–H and O–H groups in total. The Labute approximate surface area is 85.0 Å². The van der Waals surface area contributed by atoms with E-state index in [1.807, 2.05) is 39.0 Å². The van der Waals surface area contributed by atoms with Crippen molar-refractivity contribution in [3.63, 3.8) is 0 Å². The molecule has 0 saturated carbocycles. The topological polar surface area (TPSA) is 0 Å². The van der Waals surface area contributed by atoms with Crippen molar-refractivity contribution >= 4 is 85.5 Å². The second-order valence-corrected chi connectivity index (χ2v) is 145. The molecule has 0 aromatic carbocycles. The summed E-state index contributed by atoms with van der Waals surface area (Å²) in [5.74, 6) is 0. The largest absolute Gasteiger partial charge is 0.0110 e. The molecular formula is H20Si10. The lowest BCUT2D eigenvalue weighted by Gasteiger charge is -2.36. The van der Waals surface area contributed by atoms with Crippen LogP contribution >= 0.6 is 0 Å². The quantitative estimate of drug-likeness (QED) is 0.390. The molecule has 10 heavy (non-hydrogen) atoms. The summed E-state index contributed by atoms with van der Waals surface area (Å²) < 4.78 is 0. The lowest BCUT2D eigenvalue weighted by Crippen LogP contribution is -2.74. The molecule has 1 aliphatic heterocycles. The Morgan fingerprint density at radius 2 is 1.20 bits per heavy atom. The summed E-state index contributed by atoms with van der Waals surface area (Å²) in [7, 11) is 10.8. The molecule has 0 aromatic rings. The first-order valence-electron chi connectivity index (χ1n) is 4.41. The van der Waals surface area contributed by atoms with Gasteiger partial charge in [0.25, 0.3) is 0 Å². The minimum Gasteiger partial charge on any atom is -0.0110 e. The average Bonchev–Trinajstić information content (AvgIpc) is 1.56. The Bertz CT molecular complexity index is 106. The highest BCUT2D eigenvalue weighted by molar-refractivity contribution is 8.12. The van der Waals surface area contributed by atoms with E-state index in [2.05, 4.69) is 0 Å². The molecule has 10 heteroatoms. The lowest BCUT2D eigenvalue weighted by molar-refractivity contribution is 3.40. The summed E-state index contributed by atoms with van der Waals surface area (Å²) in [6.45, 7) is 0. The molecule has 60 valence electrons. The molecule has 1 aliphatic rings. The van der Waals surface area contributed by atoms with Gasteiger partial charge in [0.2, 0.25) is 0 Å². The molecule has 0 atom stereocenters. The maximum atomic E-state index is 1.84. The highest BCUT2D eigenvalue weighted by atomic mass is 30.4. The minimum absolute atomic E-state index is 0.0573. The number of hydrogen-bond acceptors (Lipinski definition) is 0. The fourth-order valence-electron chi connectivity index (χ4n) is 2.52. The Balaban J connectivity index is 2.56. The molecule has 0 radical (unpaired) electrons. The van der Waals surface area contributed by atoms with Crippen LogP contribution in [-0.4, -0.2) is 85.5 Å². The molecule has 0 amide bonds. The van der Waals surface area contributed by atoms with Crippen LogP contribution in [0, 0.1) is 0 Å². The van der Waals surface area contributed by atoms with Crippen LogP contribution in [0.5, 0.6) is 0 Å². The summed E-state index contributed by atoms with van der Waals surface area (Å²) in [5.41, 5.74) is 0. The highest BCUT2D eigenvalue weighted by Gasteiger charge is 2.36. The van der Waals surface area contributed by atoms with Crippen LogP contribution in [0.3, 0.4) is 0 Å². The molecule has 1 fully saturated rings. The average molecular weight is 301 g/mol. The highest BCUT2D eigenvalue weighted by Crippen LogP contribution is 1.98. The summed E-state index contributed by atoms with van der Waals surface area (Å²) in [6.07, 6.45) is 0.115. The minimum atomic E-state index is 0.0573. The van der Waals surface area contributed by atoms with Crippen molar-refractivity contribution in [2.24, 2.45) is 0 Å². The summed E-state index contributed by atoms with van der Waals surface area (Å²) >= 11 is 0. The van der Waals surface area contributed by atoms with E-state index in [1.54, 1.807) is 0 Å². The zero-order valence-corrected chi connectivity index (χ0v) is 23.5. The van der Waals surface area contributed by atoms with E-state index in [4.69, 9.17) is 0 Å². The van der Waals surface area contributed by atoms with Crippen molar-refractivity contribution in [3.8, 4) is 0 Å². The maximum absolute atomic E-state index is 1.84. The van der Waals surface area contributed by atoms with Crippen LogP contribution in [0.1, 0.15) is 0 Å². The van der Waals surface area contributed by atoms with Gasteiger partial charge < -0.3 is 0 Å². The Morgan fingerprint density at radius 3 is 1.40 bits per heavy atom. The SMILES string of the molecule is [SiH3][Si]1([SiH3])[SiH2][SiH2][SiH2][Si]([SiH3])([SiH3])[SiH2]1. The van der Waals surface area contributed by atoms with Crippen molar-refractivity contribution in [1.29, 1.82) is 0 Å². The smallest absolute Gasteiger partial charge is 0.00573 e. The van der Waals surface area contributed by atoms with Crippen LogP contribution in [0.25, 0.3) is 0 Å². The molecule has 1 saturated heterocycles. The van der Waals surface area contributed by atoms with Crippen molar-refractivity contribution in [1.82, 2.24) is 0 Å². The predicted octanol–water partition coefficient (Wildman–Crippen LogP) is -9.16. The Morgan fingerprint density at radius 1 is 0.800 bits per heavy atom. The normalized spacial score (nSPS) is 60.0. The first-order chi connectivity index (χ1) is 4.41. The standard InChI is InChI=1S/H20Si10/c1-9(2)6-5-7-10(3,4)8-9/h5-8H2,1-4H3. The first-order valence-corrected chi connectivity index (χ1v) is 39.7. The van der Waals surface area contributed by atoms with Crippen LogP contribution < -0.4 is 0 Å². The maximum Gasteiger partial charge on any atom is -0.00573 e. The van der Waals surface area contributed by atoms with E-state index in [-0.39, 0.29) is 12.3 Å². The first kappa shape index (κ1) is 10.3. The van der Waals surface area contributed by atoms with Gasteiger partial charge in [-0.1, -0.05) is 0 Å². The summed E-state index contributed by atoms with van der Waals surface area (Å²) in [6, 6.07) is 0. The molecule has 1 rings (SSSR count). The molecule has 0 bridgehead atoms. The van der Waals surface area contributed by atoms with E-state index < -0.39 is 0 Å². The monoisotopic (exact) mass is 300 g/mol. The fourth-order valence-corrected chi connectivity index (χ4v) is 612. The third kappa shape index (κ3) is 3.27. The van der Waals surface area contributed by atoms with E-state index in [0.717, 1.165) is 34.2 Å². The van der Waals surface area contributed by atoms with Gasteiger partial charge in [0.05, 0.1) is 0 Å². The van der Waals surface area contributed by atoms with E-state index >= 15 is 0 Å². The van der Waals surface area contributed by atoms with Gasteiger partial charge in [0, 0.05) is 0 Å². The Hall–Kier alpha value is 2.17. The molecule has 0 nitrogen and oxygen atoms in total.